The molecule has 0 bridgehead atoms. The van der Waals surface area contributed by atoms with E-state index >= 15 is 0 Å². The number of amides is 3. The maximum absolute atomic E-state index is 14.4. The van der Waals surface area contributed by atoms with Crippen LogP contribution in [0.2, 0.25) is 0 Å². The van der Waals surface area contributed by atoms with Crippen molar-refractivity contribution in [1.82, 2.24) is 25.0 Å². The van der Waals surface area contributed by atoms with Crippen LogP contribution in [0.1, 0.15) is 58.1 Å². The zero-order valence-corrected chi connectivity index (χ0v) is 30.7. The van der Waals surface area contributed by atoms with E-state index in [1.54, 1.807) is 36.9 Å². The number of aromatic amines is 1. The van der Waals surface area contributed by atoms with Gasteiger partial charge in [-0.05, 0) is 89.5 Å². The third-order valence-electron chi connectivity index (χ3n) is 11.0. The van der Waals surface area contributed by atoms with Gasteiger partial charge in [0.05, 0.1) is 10.5 Å². The highest BCUT2D eigenvalue weighted by molar-refractivity contribution is 9.10. The van der Waals surface area contributed by atoms with Gasteiger partial charge in [0.25, 0.3) is 11.8 Å². The smallest absolute Gasteiger partial charge is 0.281 e. The first-order valence-corrected chi connectivity index (χ1v) is 18.4. The van der Waals surface area contributed by atoms with E-state index in [4.69, 9.17) is 4.74 Å². The maximum Gasteiger partial charge on any atom is 0.281 e. The molecule has 12 heteroatoms. The molecule has 1 aromatic heterocycles. The molecular weight excluding hydrogens is 705 g/mol. The second kappa shape index (κ2) is 12.9. The molecule has 266 valence electrons. The van der Waals surface area contributed by atoms with Crippen LogP contribution in [0.4, 0.5) is 4.39 Å². The molecule has 0 spiro atoms. The lowest BCUT2D eigenvalue weighted by Crippen LogP contribution is -2.71. The molecule has 3 amide bonds. The summed E-state index contributed by atoms with van der Waals surface area (Å²) < 4.78 is 19.3. The second-order valence-electron chi connectivity index (χ2n) is 15.0. The lowest BCUT2D eigenvalue weighted by Gasteiger charge is -2.49. The zero-order chi connectivity index (χ0) is 35.7. The van der Waals surface area contributed by atoms with Gasteiger partial charge in [-0.15, -0.1) is 0 Å². The lowest BCUT2D eigenvalue weighted by atomic mass is 9.79. The van der Waals surface area contributed by atoms with Gasteiger partial charge >= 0.3 is 0 Å². The lowest BCUT2D eigenvalue weighted by molar-refractivity contribution is -0.322. The number of hydrogen-bond acceptors (Lipinski definition) is 6. The van der Waals surface area contributed by atoms with Gasteiger partial charge in [0.1, 0.15) is 17.9 Å². The predicted octanol–water partition coefficient (Wildman–Crippen LogP) is 5.02. The average molecular weight is 751 g/mol. The Kier molecular flexibility index (Phi) is 8.98. The molecule has 0 radical (unpaired) electrons. The van der Waals surface area contributed by atoms with Crippen molar-refractivity contribution in [2.24, 2.45) is 17.8 Å². The van der Waals surface area contributed by atoms with Crippen LogP contribution < -0.4 is 5.32 Å². The van der Waals surface area contributed by atoms with Crippen molar-refractivity contribution in [3.05, 3.63) is 76.2 Å². The van der Waals surface area contributed by atoms with Gasteiger partial charge in [0.15, 0.2) is 0 Å². The summed E-state index contributed by atoms with van der Waals surface area (Å²) in [6.07, 6.45) is 4.49. The van der Waals surface area contributed by atoms with Crippen LogP contribution in [0.25, 0.3) is 16.5 Å². The number of aliphatic hydroxyl groups is 1. The number of carbonyl (C=O) groups excluding carboxylic acids is 3. The Morgan fingerprint density at radius 1 is 1.14 bits per heavy atom. The minimum atomic E-state index is -2.01. The molecule has 2 aromatic carbocycles. The number of aromatic nitrogens is 1. The second-order valence-corrected chi connectivity index (χ2v) is 15.8. The minimum absolute atomic E-state index is 0.104. The van der Waals surface area contributed by atoms with Crippen LogP contribution in [0, 0.1) is 23.6 Å². The van der Waals surface area contributed by atoms with Crippen LogP contribution in [0.3, 0.4) is 0 Å². The van der Waals surface area contributed by atoms with E-state index in [0.717, 1.165) is 34.1 Å². The van der Waals surface area contributed by atoms with E-state index < -0.39 is 41.5 Å². The molecule has 6 atom stereocenters. The Morgan fingerprint density at radius 2 is 1.88 bits per heavy atom. The molecule has 3 fully saturated rings. The molecule has 1 aliphatic carbocycles. The van der Waals surface area contributed by atoms with Crippen LogP contribution in [-0.4, -0.2) is 92.4 Å². The van der Waals surface area contributed by atoms with Crippen LogP contribution in [0.15, 0.2) is 59.2 Å². The zero-order valence-electron chi connectivity index (χ0n) is 29.1. The van der Waals surface area contributed by atoms with E-state index in [2.05, 4.69) is 43.3 Å². The normalized spacial score (nSPS) is 30.2. The number of ether oxygens (including phenoxy) is 1. The number of nitrogens with zero attached hydrogens (tertiary/aromatic N) is 3. The first-order chi connectivity index (χ1) is 23.8. The van der Waals surface area contributed by atoms with Crippen molar-refractivity contribution < 1.29 is 28.6 Å². The van der Waals surface area contributed by atoms with Crippen molar-refractivity contribution in [3.63, 3.8) is 0 Å². The summed E-state index contributed by atoms with van der Waals surface area (Å²) >= 11 is 3.70. The highest BCUT2D eigenvalue weighted by atomic mass is 79.9. The Morgan fingerprint density at radius 3 is 2.54 bits per heavy atom. The molecule has 0 unspecified atom stereocenters. The topological polar surface area (TPSA) is 118 Å². The molecular formula is C38H45BrFN5O5. The van der Waals surface area contributed by atoms with Gasteiger partial charge in [-0.25, -0.2) is 4.39 Å². The fourth-order valence-corrected chi connectivity index (χ4v) is 9.14. The molecule has 5 aliphatic rings. The van der Waals surface area contributed by atoms with E-state index in [1.165, 1.54) is 28.0 Å². The number of fused-ring (bicyclic) bond motifs is 5. The van der Waals surface area contributed by atoms with Crippen LogP contribution in [0.5, 0.6) is 0 Å². The Bertz CT molecular complexity index is 1860. The molecule has 3 aromatic rings. The highest BCUT2D eigenvalue weighted by Gasteiger charge is 2.72. The van der Waals surface area contributed by atoms with E-state index in [0.29, 0.717) is 25.9 Å². The first-order valence-electron chi connectivity index (χ1n) is 17.6. The van der Waals surface area contributed by atoms with Gasteiger partial charge < -0.3 is 20.3 Å². The number of piperazine rings is 1. The van der Waals surface area contributed by atoms with Crippen molar-refractivity contribution in [2.75, 3.05) is 20.1 Å². The van der Waals surface area contributed by atoms with Crippen molar-refractivity contribution >= 4 is 50.1 Å². The van der Waals surface area contributed by atoms with Crippen LogP contribution >= 0.6 is 15.9 Å². The summed E-state index contributed by atoms with van der Waals surface area (Å²) in [6, 6.07) is 12.7. The third-order valence-corrected chi connectivity index (χ3v) is 11.7. The Balaban J connectivity index is 0.000000501. The summed E-state index contributed by atoms with van der Waals surface area (Å²) in [6.45, 7) is 8.57. The summed E-state index contributed by atoms with van der Waals surface area (Å²) in [5.41, 5.74) is 2.68. The average Bonchev–Trinajstić information content (AvgIpc) is 3.76. The number of hydrogen-bond donors (Lipinski definition) is 3. The molecule has 50 heavy (non-hydrogen) atoms. The number of likely N-dealkylation sites (N-methyl/N-ethyl adjacent to an activating group) is 1. The third kappa shape index (κ3) is 5.50. The van der Waals surface area contributed by atoms with Gasteiger partial charge in [0.2, 0.25) is 17.5 Å². The van der Waals surface area contributed by atoms with Gasteiger partial charge in [-0.1, -0.05) is 64.1 Å². The van der Waals surface area contributed by atoms with Crippen LogP contribution in [-0.2, 0) is 25.5 Å². The van der Waals surface area contributed by atoms with Gasteiger partial charge in [-0.3, -0.25) is 28.9 Å². The monoisotopic (exact) mass is 749 g/mol. The summed E-state index contributed by atoms with van der Waals surface area (Å²) in [7, 11) is 2.03. The van der Waals surface area contributed by atoms with Crippen molar-refractivity contribution in [1.29, 1.82) is 0 Å². The Hall–Kier alpha value is -3.58. The number of H-pyrrole nitrogens is 1. The van der Waals surface area contributed by atoms with E-state index in [9.17, 15) is 23.9 Å². The number of nitrogens with one attached hydrogen (secondary N) is 2. The molecule has 8 rings (SSSR count). The predicted molar refractivity (Wildman–Crippen MR) is 191 cm³/mol. The number of halogens is 2. The fraction of sp³-hybridized carbons (Fsp3) is 0.500. The molecule has 10 nitrogen and oxygen atoms in total. The number of carbonyl (C=O) groups is 3. The van der Waals surface area contributed by atoms with Gasteiger partial charge in [-0.2, -0.15) is 0 Å². The number of benzene rings is 2. The van der Waals surface area contributed by atoms with E-state index in [-0.39, 0.29) is 29.6 Å². The first kappa shape index (κ1) is 34.9. The highest BCUT2D eigenvalue weighted by Crippen LogP contribution is 2.49. The van der Waals surface area contributed by atoms with E-state index in [1.807, 2.05) is 33.0 Å². The number of rotatable bonds is 5. The molecule has 0 saturated carbocycles. The molecule has 3 N–H and O–H groups in total. The quantitative estimate of drug-likeness (QED) is 0.338. The summed E-state index contributed by atoms with van der Waals surface area (Å²) in [5.74, 6) is -4.19. The largest absolute Gasteiger partial charge is 0.349 e. The minimum Gasteiger partial charge on any atom is -0.349 e. The van der Waals surface area contributed by atoms with Gasteiger partial charge in [0, 0.05) is 36.0 Å². The summed E-state index contributed by atoms with van der Waals surface area (Å²) in [5, 5.41) is 16.3. The fourth-order valence-electron chi connectivity index (χ4n) is 8.56. The standard InChI is InChI=1S/C32H40BrN5O5.C6H5F/c1-16(2)12-24-29(40)37-11-7-10-25(37)32(42)38(24)30(41)31(43-32,17(3)4)35-28(39)18-13-20-19-8-6-9-22-26(19)21(27(33)34-22)14-23(20)36(5)15-18;7-6-4-2-1-3-5-6/h6,8-9,13,16-18,23-25,34,42H,7,10-12,14-15H2,1-5H3,(H,35,39);1-5H/t18-,23-,24+,25+,31-,32+;/m1./s1. The maximum atomic E-state index is 14.4. The Labute approximate surface area is 300 Å². The summed E-state index contributed by atoms with van der Waals surface area (Å²) in [4.78, 5) is 50.8. The molecule has 5 heterocycles. The van der Waals surface area contributed by atoms with Crippen molar-refractivity contribution in [3.8, 4) is 0 Å². The molecule has 3 saturated heterocycles. The molecule has 4 aliphatic heterocycles. The SMILES string of the molecule is CC(C)C[C@H]1C(=O)N2CCC[C@H]2[C@]2(O)O[C@](NC(=O)[C@@H]3C=C4c5cccc6[nH]c(Br)c(c56)C[C@H]4N(C)C3)(C(C)C)C(=O)N12.Fc1ccccc1. The van der Waals surface area contributed by atoms with Crippen molar-refractivity contribution in [2.45, 2.75) is 83.1 Å².